The molecule has 0 saturated heterocycles. The molecule has 0 atom stereocenters. The number of hydrogen-bond acceptors (Lipinski definition) is 3. The van der Waals surface area contributed by atoms with Crippen LogP contribution in [0.4, 0.5) is 0 Å². The Morgan fingerprint density at radius 3 is 3.00 bits per heavy atom. The molecule has 0 aliphatic carbocycles. The number of nitrogens with one attached hydrogen (secondary N) is 1. The van der Waals surface area contributed by atoms with Gasteiger partial charge in [0.25, 0.3) is 0 Å². The molecular formula is C14H16N2O2. The second-order valence-electron chi connectivity index (χ2n) is 3.89. The van der Waals surface area contributed by atoms with Gasteiger partial charge in [-0.05, 0) is 24.6 Å². The van der Waals surface area contributed by atoms with E-state index in [1.807, 2.05) is 30.4 Å². The van der Waals surface area contributed by atoms with E-state index in [1.54, 1.807) is 13.0 Å². The van der Waals surface area contributed by atoms with Crippen LogP contribution in [-0.2, 0) is 4.74 Å². The van der Waals surface area contributed by atoms with Crippen LogP contribution in [0, 0.1) is 0 Å². The zero-order valence-corrected chi connectivity index (χ0v) is 10.3. The minimum atomic E-state index is -0.326. The molecule has 3 N–H and O–H groups in total. The van der Waals surface area contributed by atoms with Crippen LogP contribution in [0.3, 0.4) is 0 Å². The number of ether oxygens (including phenoxy) is 1. The van der Waals surface area contributed by atoms with Gasteiger partial charge in [-0.25, -0.2) is 4.79 Å². The van der Waals surface area contributed by atoms with Crippen molar-refractivity contribution in [3.8, 4) is 0 Å². The average Bonchev–Trinajstić information content (AvgIpc) is 2.79. The van der Waals surface area contributed by atoms with Crippen molar-refractivity contribution >= 4 is 22.9 Å². The number of fused-ring (bicyclic) bond motifs is 1. The first kappa shape index (κ1) is 12.4. The fourth-order valence-electron chi connectivity index (χ4n) is 1.77. The fraction of sp³-hybridized carbons (Fsp3) is 0.214. The Bertz CT molecular complexity index is 584. The lowest BCUT2D eigenvalue weighted by molar-refractivity contribution is 0.0520. The number of rotatable bonds is 4. The number of aromatic amines is 1. The summed E-state index contributed by atoms with van der Waals surface area (Å²) in [7, 11) is 0. The van der Waals surface area contributed by atoms with Gasteiger partial charge < -0.3 is 15.5 Å². The Labute approximate surface area is 105 Å². The monoisotopic (exact) mass is 244 g/mol. The molecule has 0 saturated carbocycles. The van der Waals surface area contributed by atoms with E-state index in [9.17, 15) is 4.79 Å². The first-order valence-corrected chi connectivity index (χ1v) is 5.91. The van der Waals surface area contributed by atoms with E-state index in [-0.39, 0.29) is 5.97 Å². The number of H-pyrrole nitrogens is 1. The number of carbonyl (C=O) groups is 1. The summed E-state index contributed by atoms with van der Waals surface area (Å²) in [5.41, 5.74) is 7.85. The lowest BCUT2D eigenvalue weighted by Gasteiger charge is -1.96. The van der Waals surface area contributed by atoms with Gasteiger partial charge in [-0.3, -0.25) is 0 Å². The second kappa shape index (κ2) is 5.51. The van der Waals surface area contributed by atoms with Gasteiger partial charge in [0.2, 0.25) is 0 Å². The molecule has 94 valence electrons. The van der Waals surface area contributed by atoms with Crippen molar-refractivity contribution in [3.63, 3.8) is 0 Å². The molecule has 0 fully saturated rings. The third-order valence-electron chi connectivity index (χ3n) is 2.59. The molecule has 0 radical (unpaired) electrons. The molecule has 0 aliphatic rings. The van der Waals surface area contributed by atoms with Crippen molar-refractivity contribution in [2.75, 3.05) is 13.2 Å². The molecule has 2 rings (SSSR count). The van der Waals surface area contributed by atoms with Gasteiger partial charge in [-0.1, -0.05) is 24.3 Å². The summed E-state index contributed by atoms with van der Waals surface area (Å²) < 4.78 is 4.95. The summed E-state index contributed by atoms with van der Waals surface area (Å²) in [6, 6.07) is 7.72. The van der Waals surface area contributed by atoms with Crippen LogP contribution in [0.2, 0.25) is 0 Å². The molecule has 0 bridgehead atoms. The van der Waals surface area contributed by atoms with Crippen LogP contribution in [0.25, 0.3) is 17.0 Å². The van der Waals surface area contributed by atoms with Crippen LogP contribution in [0.1, 0.15) is 23.0 Å². The van der Waals surface area contributed by atoms with Crippen LogP contribution >= 0.6 is 0 Å². The zero-order chi connectivity index (χ0) is 13.0. The topological polar surface area (TPSA) is 68.1 Å². The van der Waals surface area contributed by atoms with E-state index in [2.05, 4.69) is 4.98 Å². The zero-order valence-electron chi connectivity index (χ0n) is 10.3. The number of nitrogens with two attached hydrogens (primary N) is 1. The first-order valence-electron chi connectivity index (χ1n) is 5.91. The highest BCUT2D eigenvalue weighted by atomic mass is 16.5. The maximum atomic E-state index is 11.6. The molecule has 0 unspecified atom stereocenters. The van der Waals surface area contributed by atoms with Crippen LogP contribution in [0.5, 0.6) is 0 Å². The predicted molar refractivity (Wildman–Crippen MR) is 72.3 cm³/mol. The van der Waals surface area contributed by atoms with Gasteiger partial charge in [0.1, 0.15) is 5.69 Å². The van der Waals surface area contributed by atoms with Gasteiger partial charge in [0, 0.05) is 17.4 Å². The minimum Gasteiger partial charge on any atom is -0.461 e. The number of esters is 1. The maximum absolute atomic E-state index is 11.6. The van der Waals surface area contributed by atoms with Crippen molar-refractivity contribution in [1.29, 1.82) is 0 Å². The maximum Gasteiger partial charge on any atom is 0.354 e. The average molecular weight is 244 g/mol. The highest BCUT2D eigenvalue weighted by Crippen LogP contribution is 2.18. The van der Waals surface area contributed by atoms with Crippen LogP contribution in [0.15, 0.2) is 30.3 Å². The van der Waals surface area contributed by atoms with Crippen molar-refractivity contribution in [3.05, 3.63) is 41.6 Å². The third-order valence-corrected chi connectivity index (χ3v) is 2.59. The molecule has 18 heavy (non-hydrogen) atoms. The Hall–Kier alpha value is -2.07. The number of carbonyl (C=O) groups excluding carboxylic acids is 1. The molecular weight excluding hydrogens is 228 g/mol. The first-order chi connectivity index (χ1) is 8.74. The predicted octanol–water partition coefficient (Wildman–Crippen LogP) is 2.32. The highest BCUT2D eigenvalue weighted by molar-refractivity contribution is 5.95. The van der Waals surface area contributed by atoms with Gasteiger partial charge in [0.15, 0.2) is 0 Å². The number of aromatic nitrogens is 1. The van der Waals surface area contributed by atoms with E-state index < -0.39 is 0 Å². The van der Waals surface area contributed by atoms with Gasteiger partial charge in [-0.15, -0.1) is 0 Å². The summed E-state index contributed by atoms with van der Waals surface area (Å²) in [6.45, 7) is 2.67. The summed E-state index contributed by atoms with van der Waals surface area (Å²) in [5, 5.41) is 0.989. The third kappa shape index (κ3) is 2.60. The fourth-order valence-corrected chi connectivity index (χ4v) is 1.77. The Kier molecular flexibility index (Phi) is 3.79. The van der Waals surface area contributed by atoms with E-state index in [4.69, 9.17) is 10.5 Å². The summed E-state index contributed by atoms with van der Waals surface area (Å²) in [4.78, 5) is 14.6. The van der Waals surface area contributed by atoms with Crippen molar-refractivity contribution in [2.24, 2.45) is 5.73 Å². The van der Waals surface area contributed by atoms with E-state index in [0.29, 0.717) is 18.8 Å². The van der Waals surface area contributed by atoms with Crippen LogP contribution in [-0.4, -0.2) is 24.1 Å². The second-order valence-corrected chi connectivity index (χ2v) is 3.89. The molecule has 1 aromatic carbocycles. The standard InChI is InChI=1S/C14H16N2O2/c1-2-18-14(17)13-9-11-6-5-10(4-3-7-15)8-12(11)16-13/h3-6,8-9,16H,2,7,15H2,1H3. The van der Waals surface area contributed by atoms with E-state index in [0.717, 1.165) is 16.5 Å². The highest BCUT2D eigenvalue weighted by Gasteiger charge is 2.09. The van der Waals surface area contributed by atoms with Gasteiger partial charge in [0.05, 0.1) is 6.61 Å². The molecule has 0 spiro atoms. The van der Waals surface area contributed by atoms with Crippen molar-refractivity contribution in [1.82, 2.24) is 4.98 Å². The van der Waals surface area contributed by atoms with E-state index in [1.165, 1.54) is 0 Å². The smallest absolute Gasteiger partial charge is 0.354 e. The Morgan fingerprint density at radius 1 is 1.44 bits per heavy atom. The van der Waals surface area contributed by atoms with Crippen molar-refractivity contribution in [2.45, 2.75) is 6.92 Å². The molecule has 0 aliphatic heterocycles. The summed E-state index contributed by atoms with van der Waals surface area (Å²) >= 11 is 0. The lowest BCUT2D eigenvalue weighted by atomic mass is 10.1. The van der Waals surface area contributed by atoms with Crippen molar-refractivity contribution < 1.29 is 9.53 Å². The minimum absolute atomic E-state index is 0.326. The number of benzene rings is 1. The molecule has 2 aromatic rings. The summed E-state index contributed by atoms with van der Waals surface area (Å²) in [6.07, 6.45) is 3.83. The molecule has 4 nitrogen and oxygen atoms in total. The summed E-state index contributed by atoms with van der Waals surface area (Å²) in [5.74, 6) is -0.326. The molecule has 1 aromatic heterocycles. The number of hydrogen-bond donors (Lipinski definition) is 2. The Balaban J connectivity index is 2.33. The van der Waals surface area contributed by atoms with Crippen LogP contribution < -0.4 is 5.73 Å². The van der Waals surface area contributed by atoms with Gasteiger partial charge >= 0.3 is 5.97 Å². The SMILES string of the molecule is CCOC(=O)c1cc2ccc(C=CCN)cc2[nH]1. The molecule has 4 heteroatoms. The quantitative estimate of drug-likeness (QED) is 0.811. The van der Waals surface area contributed by atoms with Gasteiger partial charge in [-0.2, -0.15) is 0 Å². The normalized spacial score (nSPS) is 11.2. The molecule has 0 amide bonds. The Morgan fingerprint density at radius 2 is 2.28 bits per heavy atom. The molecule has 1 heterocycles. The lowest BCUT2D eigenvalue weighted by Crippen LogP contribution is -2.04. The van der Waals surface area contributed by atoms with E-state index >= 15 is 0 Å². The largest absolute Gasteiger partial charge is 0.461 e.